The van der Waals surface area contributed by atoms with E-state index in [0.717, 1.165) is 53.3 Å². The van der Waals surface area contributed by atoms with E-state index in [9.17, 15) is 4.79 Å². The SMILES string of the molecule is CCCC(CCC)n1cc(C)c(=O)c2c(-c3ccc(Cl)cc3Cl)cccc21. The van der Waals surface area contributed by atoms with Crippen LogP contribution in [0.4, 0.5) is 0 Å². The van der Waals surface area contributed by atoms with E-state index in [-0.39, 0.29) is 5.43 Å². The monoisotopic (exact) mass is 401 g/mol. The molecule has 2 nitrogen and oxygen atoms in total. The van der Waals surface area contributed by atoms with Crippen molar-refractivity contribution in [3.05, 3.63) is 68.4 Å². The lowest BCUT2D eigenvalue weighted by Gasteiger charge is -2.23. The molecular formula is C23H25Cl2NO. The van der Waals surface area contributed by atoms with E-state index in [1.807, 2.05) is 43.5 Å². The van der Waals surface area contributed by atoms with Gasteiger partial charge >= 0.3 is 0 Å². The highest BCUT2D eigenvalue weighted by Crippen LogP contribution is 2.35. The van der Waals surface area contributed by atoms with E-state index in [1.165, 1.54) is 0 Å². The summed E-state index contributed by atoms with van der Waals surface area (Å²) < 4.78 is 2.30. The molecule has 27 heavy (non-hydrogen) atoms. The van der Waals surface area contributed by atoms with E-state index in [4.69, 9.17) is 23.2 Å². The number of hydrogen-bond acceptors (Lipinski definition) is 1. The van der Waals surface area contributed by atoms with Crippen molar-refractivity contribution in [2.45, 2.75) is 52.5 Å². The molecule has 0 radical (unpaired) electrons. The predicted octanol–water partition coefficient (Wildman–Crippen LogP) is 7.43. The second kappa shape index (κ2) is 8.50. The lowest BCUT2D eigenvalue weighted by molar-refractivity contribution is 0.435. The number of aryl methyl sites for hydroxylation is 1. The Labute approximate surface area is 170 Å². The van der Waals surface area contributed by atoms with Gasteiger partial charge in [0.25, 0.3) is 0 Å². The van der Waals surface area contributed by atoms with Crippen molar-refractivity contribution in [3.63, 3.8) is 0 Å². The molecule has 0 N–H and O–H groups in total. The van der Waals surface area contributed by atoms with E-state index in [0.29, 0.717) is 16.1 Å². The first-order chi connectivity index (χ1) is 13.0. The highest BCUT2D eigenvalue weighted by atomic mass is 35.5. The molecule has 0 amide bonds. The Bertz CT molecular complexity index is 1020. The average Bonchev–Trinajstić information content (AvgIpc) is 2.64. The van der Waals surface area contributed by atoms with E-state index < -0.39 is 0 Å². The minimum atomic E-state index is 0.0645. The van der Waals surface area contributed by atoms with Crippen LogP contribution in [0, 0.1) is 6.92 Å². The molecule has 3 rings (SSSR count). The van der Waals surface area contributed by atoms with Gasteiger partial charge in [-0.05, 0) is 43.5 Å². The summed E-state index contributed by atoms with van der Waals surface area (Å²) in [7, 11) is 0. The molecule has 3 aromatic rings. The van der Waals surface area contributed by atoms with Crippen molar-refractivity contribution in [1.29, 1.82) is 0 Å². The van der Waals surface area contributed by atoms with Crippen molar-refractivity contribution in [2.24, 2.45) is 0 Å². The molecule has 0 atom stereocenters. The summed E-state index contributed by atoms with van der Waals surface area (Å²) in [6.07, 6.45) is 6.43. The van der Waals surface area contributed by atoms with Crippen molar-refractivity contribution in [2.75, 3.05) is 0 Å². The molecule has 1 heterocycles. The number of aromatic nitrogens is 1. The number of hydrogen-bond donors (Lipinski definition) is 0. The van der Waals surface area contributed by atoms with E-state index in [2.05, 4.69) is 18.4 Å². The molecule has 0 saturated heterocycles. The first kappa shape index (κ1) is 20.0. The molecule has 0 aliphatic carbocycles. The molecule has 0 unspecified atom stereocenters. The first-order valence-electron chi connectivity index (χ1n) is 9.57. The molecular weight excluding hydrogens is 377 g/mol. The van der Waals surface area contributed by atoms with Crippen LogP contribution in [0.2, 0.25) is 10.0 Å². The van der Waals surface area contributed by atoms with Gasteiger partial charge in [0.15, 0.2) is 5.43 Å². The van der Waals surface area contributed by atoms with Gasteiger partial charge in [0.2, 0.25) is 0 Å². The van der Waals surface area contributed by atoms with Gasteiger partial charge in [0.1, 0.15) is 0 Å². The number of benzene rings is 2. The van der Waals surface area contributed by atoms with Crippen LogP contribution in [0.15, 0.2) is 47.4 Å². The van der Waals surface area contributed by atoms with Gasteiger partial charge in [-0.2, -0.15) is 0 Å². The number of rotatable bonds is 6. The minimum Gasteiger partial charge on any atom is -0.344 e. The Kier molecular flexibility index (Phi) is 6.29. The Hall–Kier alpha value is -1.77. The zero-order valence-corrected chi connectivity index (χ0v) is 17.6. The first-order valence-corrected chi connectivity index (χ1v) is 10.3. The van der Waals surface area contributed by atoms with Crippen LogP contribution >= 0.6 is 23.2 Å². The summed E-state index contributed by atoms with van der Waals surface area (Å²) in [4.78, 5) is 13.1. The molecule has 0 aliphatic rings. The highest BCUT2D eigenvalue weighted by Gasteiger charge is 2.17. The van der Waals surface area contributed by atoms with Gasteiger partial charge in [0.05, 0.1) is 10.9 Å². The predicted molar refractivity (Wildman–Crippen MR) is 117 cm³/mol. The fourth-order valence-electron chi connectivity index (χ4n) is 3.85. The van der Waals surface area contributed by atoms with E-state index in [1.54, 1.807) is 6.07 Å². The van der Waals surface area contributed by atoms with Gasteiger partial charge in [-0.3, -0.25) is 4.79 Å². The number of pyridine rings is 1. The second-order valence-electron chi connectivity index (χ2n) is 7.10. The van der Waals surface area contributed by atoms with Crippen molar-refractivity contribution < 1.29 is 0 Å². The van der Waals surface area contributed by atoms with Gasteiger partial charge in [-0.1, -0.05) is 68.1 Å². The molecule has 1 aromatic heterocycles. The quantitative estimate of drug-likeness (QED) is 0.420. The molecule has 0 aliphatic heterocycles. The maximum atomic E-state index is 13.1. The summed E-state index contributed by atoms with van der Waals surface area (Å²) in [5.41, 5.74) is 3.50. The van der Waals surface area contributed by atoms with Crippen LogP contribution in [-0.4, -0.2) is 4.57 Å². The van der Waals surface area contributed by atoms with Crippen molar-refractivity contribution in [1.82, 2.24) is 4.57 Å². The molecule has 142 valence electrons. The van der Waals surface area contributed by atoms with Crippen LogP contribution in [0.3, 0.4) is 0 Å². The van der Waals surface area contributed by atoms with Gasteiger partial charge in [0, 0.05) is 33.4 Å². The maximum absolute atomic E-state index is 13.1. The van der Waals surface area contributed by atoms with Crippen LogP contribution in [0.5, 0.6) is 0 Å². The molecule has 0 spiro atoms. The summed E-state index contributed by atoms with van der Waals surface area (Å²) in [5.74, 6) is 0. The van der Waals surface area contributed by atoms with Gasteiger partial charge in [-0.15, -0.1) is 0 Å². The van der Waals surface area contributed by atoms with Gasteiger partial charge in [-0.25, -0.2) is 0 Å². The third kappa shape index (κ3) is 3.93. The fraction of sp³-hybridized carbons (Fsp3) is 0.348. The summed E-state index contributed by atoms with van der Waals surface area (Å²) >= 11 is 12.5. The number of fused-ring (bicyclic) bond motifs is 1. The lowest BCUT2D eigenvalue weighted by Crippen LogP contribution is -2.17. The highest BCUT2D eigenvalue weighted by molar-refractivity contribution is 6.36. The summed E-state index contributed by atoms with van der Waals surface area (Å²) in [5, 5.41) is 1.88. The zero-order chi connectivity index (χ0) is 19.6. The minimum absolute atomic E-state index is 0.0645. The molecule has 2 aromatic carbocycles. The Morgan fingerprint density at radius 2 is 1.70 bits per heavy atom. The third-order valence-corrected chi connectivity index (χ3v) is 5.64. The van der Waals surface area contributed by atoms with Crippen LogP contribution < -0.4 is 5.43 Å². The van der Waals surface area contributed by atoms with Crippen molar-refractivity contribution in [3.8, 4) is 11.1 Å². The topological polar surface area (TPSA) is 22.0 Å². The van der Waals surface area contributed by atoms with Crippen LogP contribution in [0.25, 0.3) is 22.0 Å². The number of halogens is 2. The van der Waals surface area contributed by atoms with E-state index >= 15 is 0 Å². The molecule has 4 heteroatoms. The summed E-state index contributed by atoms with van der Waals surface area (Å²) in [6.45, 7) is 6.31. The lowest BCUT2D eigenvalue weighted by atomic mass is 9.97. The standard InChI is InChI=1S/C23H25Cl2NO/c1-4-7-17(8-5-2)26-14-15(3)23(27)22-19(9-6-10-21(22)26)18-12-11-16(24)13-20(18)25/h6,9-14,17H,4-5,7-8H2,1-3H3. The Balaban J connectivity index is 2.34. The molecule has 0 saturated carbocycles. The van der Waals surface area contributed by atoms with Crippen molar-refractivity contribution >= 4 is 34.1 Å². The second-order valence-corrected chi connectivity index (χ2v) is 7.95. The average molecular weight is 402 g/mol. The maximum Gasteiger partial charge on any atom is 0.192 e. The smallest absolute Gasteiger partial charge is 0.192 e. The Morgan fingerprint density at radius 1 is 1.00 bits per heavy atom. The number of nitrogens with zero attached hydrogens (tertiary/aromatic N) is 1. The normalized spacial score (nSPS) is 11.5. The summed E-state index contributed by atoms with van der Waals surface area (Å²) in [6, 6.07) is 11.8. The third-order valence-electron chi connectivity index (χ3n) is 5.10. The fourth-order valence-corrected chi connectivity index (χ4v) is 4.36. The van der Waals surface area contributed by atoms with Gasteiger partial charge < -0.3 is 4.57 Å². The zero-order valence-electron chi connectivity index (χ0n) is 16.1. The molecule has 0 bridgehead atoms. The molecule has 0 fully saturated rings. The van der Waals surface area contributed by atoms with Crippen LogP contribution in [0.1, 0.15) is 51.1 Å². The van der Waals surface area contributed by atoms with Crippen LogP contribution in [-0.2, 0) is 0 Å². The largest absolute Gasteiger partial charge is 0.344 e. The Morgan fingerprint density at radius 3 is 2.33 bits per heavy atom.